The summed E-state index contributed by atoms with van der Waals surface area (Å²) >= 11 is 6.34. The normalized spacial score (nSPS) is 14.6. The van der Waals surface area contributed by atoms with E-state index in [9.17, 15) is 14.7 Å². The minimum Gasteiger partial charge on any atom is -0.486 e. The molecule has 0 amide bonds. The first-order chi connectivity index (χ1) is 17.0. The number of aromatic amines is 1. The smallest absolute Gasteiger partial charge is 0.274 e. The van der Waals surface area contributed by atoms with Crippen molar-refractivity contribution >= 4 is 23.2 Å². The van der Waals surface area contributed by atoms with Crippen LogP contribution >= 0.6 is 11.6 Å². The van der Waals surface area contributed by atoms with Gasteiger partial charge in [0.15, 0.2) is 11.6 Å². The van der Waals surface area contributed by atoms with Gasteiger partial charge in [0.05, 0.1) is 36.1 Å². The highest BCUT2D eigenvalue weighted by Crippen LogP contribution is 2.35. The Morgan fingerprint density at radius 2 is 1.97 bits per heavy atom. The molecule has 2 aromatic heterocycles. The predicted octanol–water partition coefficient (Wildman–Crippen LogP) is 3.29. The third kappa shape index (κ3) is 4.70. The summed E-state index contributed by atoms with van der Waals surface area (Å²) in [6.07, 6.45) is 0.690. The molecule has 0 spiro atoms. The minimum atomic E-state index is -0.373. The molecule has 0 aliphatic carbocycles. The number of halogens is 1. The Bertz CT molecular complexity index is 1420. The average molecular weight is 495 g/mol. The largest absolute Gasteiger partial charge is 0.486 e. The molecule has 180 valence electrons. The Labute approximate surface area is 205 Å². The molecular weight excluding hydrogens is 472 g/mol. The monoisotopic (exact) mass is 494 g/mol. The lowest BCUT2D eigenvalue weighted by molar-refractivity contribution is -0.140. The van der Waals surface area contributed by atoms with Gasteiger partial charge in [-0.25, -0.2) is 4.98 Å². The van der Waals surface area contributed by atoms with Crippen LogP contribution in [-0.4, -0.2) is 50.3 Å². The van der Waals surface area contributed by atoms with Crippen molar-refractivity contribution in [2.45, 2.75) is 19.4 Å². The number of ketones is 1. The highest BCUT2D eigenvalue weighted by atomic mass is 35.5. The number of aliphatic hydroxyl groups excluding tert-OH is 1. The summed E-state index contributed by atoms with van der Waals surface area (Å²) in [4.78, 5) is 34.5. The number of H-pyrrole nitrogens is 1. The van der Waals surface area contributed by atoms with Gasteiger partial charge in [0.2, 0.25) is 0 Å². The van der Waals surface area contributed by atoms with Crippen LogP contribution in [0, 0.1) is 5.41 Å². The number of nitrogens with one attached hydrogen (secondary N) is 1. The van der Waals surface area contributed by atoms with Crippen LogP contribution in [0.3, 0.4) is 0 Å². The second-order valence-electron chi connectivity index (χ2n) is 8.64. The predicted molar refractivity (Wildman–Crippen MR) is 129 cm³/mol. The minimum absolute atomic E-state index is 0.0327. The van der Waals surface area contributed by atoms with Crippen molar-refractivity contribution in [3.05, 3.63) is 81.2 Å². The lowest BCUT2D eigenvalue weighted by atomic mass is 9.81. The number of ether oxygens (including phenoxy) is 2. The van der Waals surface area contributed by atoms with E-state index in [0.29, 0.717) is 36.9 Å². The van der Waals surface area contributed by atoms with Gasteiger partial charge < -0.3 is 14.6 Å². The van der Waals surface area contributed by atoms with Crippen LogP contribution in [0.25, 0.3) is 17.2 Å². The van der Waals surface area contributed by atoms with E-state index in [4.69, 9.17) is 21.1 Å². The van der Waals surface area contributed by atoms with E-state index in [2.05, 4.69) is 15.1 Å². The number of aromatic nitrogens is 4. The summed E-state index contributed by atoms with van der Waals surface area (Å²) in [5.41, 5.74) is 0.759. The number of aliphatic hydroxyl groups is 1. The molecule has 0 saturated carbocycles. The molecule has 4 aromatic rings. The van der Waals surface area contributed by atoms with Crippen LogP contribution in [0.5, 0.6) is 5.75 Å². The highest BCUT2D eigenvalue weighted by Gasteiger charge is 2.38. The third-order valence-corrected chi connectivity index (χ3v) is 6.41. The summed E-state index contributed by atoms with van der Waals surface area (Å²) in [5, 5.41) is 12.9. The molecule has 0 unspecified atom stereocenters. The maximum atomic E-state index is 13.0. The Balaban J connectivity index is 1.35. The second-order valence-corrected chi connectivity index (χ2v) is 9.04. The standard InChI is InChI=1S/C25H23ClN4O5/c26-18-7-4-8-20(22(18)19(32)9-10-25(13-31)14-34-15-25)35-12-17-11-21(33)30-24(27-17)28-23(29-30)16-5-2-1-3-6-16/h1-8,11,31H,9-10,12-15H2,(H,27,28,29). The fraction of sp³-hybridized carbons (Fsp3) is 0.280. The zero-order chi connectivity index (χ0) is 24.4. The van der Waals surface area contributed by atoms with Gasteiger partial charge in [0.1, 0.15) is 12.4 Å². The molecule has 2 aromatic carbocycles. The van der Waals surface area contributed by atoms with Gasteiger partial charge in [0.25, 0.3) is 11.3 Å². The fourth-order valence-electron chi connectivity index (χ4n) is 3.98. The van der Waals surface area contributed by atoms with Crippen LogP contribution in [0.2, 0.25) is 5.02 Å². The highest BCUT2D eigenvalue weighted by molar-refractivity contribution is 6.34. The molecule has 1 aliphatic rings. The number of carbonyl (C=O) groups is 1. The number of benzene rings is 2. The van der Waals surface area contributed by atoms with Crippen molar-refractivity contribution < 1.29 is 19.4 Å². The quantitative estimate of drug-likeness (QED) is 0.343. The Morgan fingerprint density at radius 1 is 1.17 bits per heavy atom. The van der Waals surface area contributed by atoms with E-state index < -0.39 is 0 Å². The summed E-state index contributed by atoms with van der Waals surface area (Å²) in [6, 6.07) is 15.7. The number of hydrogen-bond donors (Lipinski definition) is 2. The molecular formula is C25H23ClN4O5. The van der Waals surface area contributed by atoms with Gasteiger partial charge in [-0.05, 0) is 18.6 Å². The van der Waals surface area contributed by atoms with Gasteiger partial charge in [-0.1, -0.05) is 48.0 Å². The van der Waals surface area contributed by atoms with Gasteiger partial charge >= 0.3 is 0 Å². The molecule has 3 heterocycles. The molecule has 1 saturated heterocycles. The first-order valence-corrected chi connectivity index (χ1v) is 11.5. The average Bonchev–Trinajstić information content (AvgIpc) is 3.28. The van der Waals surface area contributed by atoms with Gasteiger partial charge in [-0.3, -0.25) is 14.7 Å². The second kappa shape index (κ2) is 9.61. The maximum absolute atomic E-state index is 13.0. The Hall–Kier alpha value is -3.53. The zero-order valence-electron chi connectivity index (χ0n) is 18.7. The lowest BCUT2D eigenvalue weighted by Gasteiger charge is -2.39. The van der Waals surface area contributed by atoms with Gasteiger partial charge in [-0.2, -0.15) is 9.50 Å². The number of fused-ring (bicyclic) bond motifs is 1. The molecule has 0 radical (unpaired) electrons. The van der Waals surface area contributed by atoms with Crippen molar-refractivity contribution in [3.63, 3.8) is 0 Å². The van der Waals surface area contributed by atoms with E-state index in [-0.39, 0.29) is 52.8 Å². The van der Waals surface area contributed by atoms with E-state index in [1.54, 1.807) is 18.2 Å². The summed E-state index contributed by atoms with van der Waals surface area (Å²) in [5.74, 6) is 0.857. The van der Waals surface area contributed by atoms with Crippen molar-refractivity contribution in [1.29, 1.82) is 0 Å². The van der Waals surface area contributed by atoms with Crippen molar-refractivity contribution in [2.24, 2.45) is 5.41 Å². The van der Waals surface area contributed by atoms with E-state index in [1.165, 1.54) is 10.6 Å². The van der Waals surface area contributed by atoms with E-state index in [0.717, 1.165) is 5.56 Å². The first kappa shape index (κ1) is 23.2. The van der Waals surface area contributed by atoms with Gasteiger partial charge in [0, 0.05) is 23.5 Å². The summed E-state index contributed by atoms with van der Waals surface area (Å²) in [6.45, 7) is 0.792. The molecule has 2 N–H and O–H groups in total. The summed E-state index contributed by atoms with van der Waals surface area (Å²) in [7, 11) is 0. The van der Waals surface area contributed by atoms with E-state index >= 15 is 0 Å². The van der Waals surface area contributed by atoms with Crippen LogP contribution < -0.4 is 10.3 Å². The van der Waals surface area contributed by atoms with Crippen molar-refractivity contribution in [1.82, 2.24) is 19.6 Å². The molecule has 1 fully saturated rings. The first-order valence-electron chi connectivity index (χ1n) is 11.2. The number of hydrogen-bond acceptors (Lipinski definition) is 7. The van der Waals surface area contributed by atoms with Gasteiger partial charge in [-0.15, -0.1) is 0 Å². The summed E-state index contributed by atoms with van der Waals surface area (Å²) < 4.78 is 12.4. The molecule has 9 nitrogen and oxygen atoms in total. The Kier molecular flexibility index (Phi) is 6.38. The SMILES string of the molecule is O=C(CCC1(CO)COC1)c1c(Cl)cccc1OCc1cc(=O)n2[nH]c(-c3ccccc3)nc2n1. The fourth-order valence-corrected chi connectivity index (χ4v) is 4.25. The topological polar surface area (TPSA) is 119 Å². The molecule has 35 heavy (non-hydrogen) atoms. The molecule has 0 atom stereocenters. The third-order valence-electron chi connectivity index (χ3n) is 6.09. The van der Waals surface area contributed by atoms with Crippen molar-refractivity contribution in [3.8, 4) is 17.1 Å². The van der Waals surface area contributed by atoms with Crippen LogP contribution in [0.1, 0.15) is 28.9 Å². The van der Waals surface area contributed by atoms with Crippen LogP contribution in [0.15, 0.2) is 59.4 Å². The van der Waals surface area contributed by atoms with Crippen LogP contribution in [0.4, 0.5) is 0 Å². The molecule has 1 aliphatic heterocycles. The number of Topliss-reactive ketones (excluding diaryl/α,β-unsaturated/α-hetero) is 1. The number of rotatable bonds is 9. The lowest BCUT2D eigenvalue weighted by Crippen LogP contribution is -2.45. The maximum Gasteiger partial charge on any atom is 0.274 e. The zero-order valence-corrected chi connectivity index (χ0v) is 19.5. The molecule has 5 rings (SSSR count). The van der Waals surface area contributed by atoms with Crippen molar-refractivity contribution in [2.75, 3.05) is 19.8 Å². The number of nitrogens with zero attached hydrogens (tertiary/aromatic N) is 3. The molecule has 0 bridgehead atoms. The molecule has 10 heteroatoms. The van der Waals surface area contributed by atoms with E-state index in [1.807, 2.05) is 30.3 Å². The van der Waals surface area contributed by atoms with Crippen LogP contribution in [-0.2, 0) is 11.3 Å². The Morgan fingerprint density at radius 3 is 2.69 bits per heavy atom. The number of carbonyl (C=O) groups excluding carboxylic acids is 1.